The maximum Gasteiger partial charge on any atom is 0.514 e. The molecule has 0 unspecified atom stereocenters. The van der Waals surface area contributed by atoms with Gasteiger partial charge in [-0.3, -0.25) is 0 Å². The molecule has 4 aromatic rings. The molecule has 432 valence electrons. The number of nitrogens with zero attached hydrogens (tertiary/aromatic N) is 3. The first-order valence-corrected chi connectivity index (χ1v) is 27.0. The van der Waals surface area contributed by atoms with E-state index < -0.39 is 84.8 Å². The molecule has 78 heavy (non-hydrogen) atoms. The number of carbonyl (C=O) groups is 3. The highest BCUT2D eigenvalue weighted by Gasteiger charge is 2.36. The van der Waals surface area contributed by atoms with E-state index in [1.54, 1.807) is 62.3 Å². The van der Waals surface area contributed by atoms with E-state index in [4.69, 9.17) is 28.4 Å². The van der Waals surface area contributed by atoms with Gasteiger partial charge >= 0.3 is 35.5 Å². The average molecular weight is 1080 g/mol. The molecule has 0 bridgehead atoms. The summed E-state index contributed by atoms with van der Waals surface area (Å²) in [5, 5.41) is 0. The molecule has 0 aliphatic heterocycles. The van der Waals surface area contributed by atoms with Gasteiger partial charge in [0.2, 0.25) is 0 Å². The van der Waals surface area contributed by atoms with Gasteiger partial charge in [-0.15, -0.1) is 0 Å². The SMILES string of the molecule is CC(C)(C)OC(=O)Oc1c(C(C)(C)C)cc(Cn2c(=O)n(Cc3cc(C(C)(C)C)c(OC(=O)OC(C)(C)C)c(C(C)(C)C)c3)c(=O)n(Cc3ccc(C(C)(C)C)c(OC(=O)OC(C)(C)C)c3C(C)(C)C)c2=O)cc1C(C)(C)C. The van der Waals surface area contributed by atoms with Crippen molar-refractivity contribution in [1.29, 1.82) is 0 Å². The minimum absolute atomic E-state index is 0.250. The topological polar surface area (TPSA) is 173 Å². The molecule has 3 aromatic carbocycles. The molecule has 1 heterocycles. The number of hydrogen-bond acceptors (Lipinski definition) is 12. The predicted octanol–water partition coefficient (Wildman–Crippen LogP) is 14.0. The Morgan fingerprint density at radius 3 is 0.846 bits per heavy atom. The molecule has 0 saturated carbocycles. The van der Waals surface area contributed by atoms with Crippen LogP contribution in [-0.2, 0) is 66.3 Å². The molecule has 0 fully saturated rings. The first kappa shape index (κ1) is 64.4. The zero-order valence-corrected chi connectivity index (χ0v) is 52.3. The van der Waals surface area contributed by atoms with Crippen LogP contribution in [0.4, 0.5) is 14.4 Å². The molecule has 15 heteroatoms. The Bertz CT molecular complexity index is 2880. The summed E-state index contributed by atoms with van der Waals surface area (Å²) in [5.41, 5.74) is -3.66. The van der Waals surface area contributed by atoms with E-state index in [1.165, 1.54) is 0 Å². The molecule has 1 aromatic heterocycles. The third kappa shape index (κ3) is 16.5. The van der Waals surface area contributed by atoms with Crippen LogP contribution in [0.15, 0.2) is 50.8 Å². The van der Waals surface area contributed by atoms with Crippen molar-refractivity contribution in [3.05, 3.63) is 118 Å². The summed E-state index contributed by atoms with van der Waals surface area (Å²) in [6.45, 7) is 50.3. The second-order valence-corrected chi connectivity index (χ2v) is 29.8. The van der Waals surface area contributed by atoms with E-state index in [2.05, 4.69) is 0 Å². The lowest BCUT2D eigenvalue weighted by molar-refractivity contribution is 0.0185. The Hall–Kier alpha value is -6.12. The van der Waals surface area contributed by atoms with Crippen LogP contribution in [0, 0.1) is 0 Å². The molecule has 0 saturated heterocycles. The van der Waals surface area contributed by atoms with Crippen molar-refractivity contribution in [2.75, 3.05) is 0 Å². The van der Waals surface area contributed by atoms with E-state index in [-0.39, 0.29) is 25.4 Å². The summed E-state index contributed by atoms with van der Waals surface area (Å²) in [7, 11) is 0. The molecule has 15 nitrogen and oxygen atoms in total. The fourth-order valence-electron chi connectivity index (χ4n) is 8.97. The van der Waals surface area contributed by atoms with Crippen LogP contribution in [0.5, 0.6) is 17.2 Å². The number of ether oxygens (including phenoxy) is 6. The highest BCUT2D eigenvalue weighted by Crippen LogP contribution is 2.45. The Kier molecular flexibility index (Phi) is 18.0. The van der Waals surface area contributed by atoms with E-state index in [0.717, 1.165) is 13.7 Å². The summed E-state index contributed by atoms with van der Waals surface area (Å²) >= 11 is 0. The number of benzene rings is 3. The van der Waals surface area contributed by atoms with E-state index in [9.17, 15) is 14.4 Å². The molecule has 0 aliphatic carbocycles. The van der Waals surface area contributed by atoms with Crippen molar-refractivity contribution >= 4 is 18.5 Å². The summed E-state index contributed by atoms with van der Waals surface area (Å²) in [5.74, 6) is 0.868. The van der Waals surface area contributed by atoms with Gasteiger partial charge in [-0.1, -0.05) is 137 Å². The van der Waals surface area contributed by atoms with Crippen molar-refractivity contribution < 1.29 is 42.8 Å². The Labute approximate surface area is 464 Å². The minimum Gasteiger partial charge on any atom is -0.428 e. The van der Waals surface area contributed by atoms with Crippen LogP contribution in [0.25, 0.3) is 0 Å². The zero-order chi connectivity index (χ0) is 60.2. The van der Waals surface area contributed by atoms with Gasteiger partial charge in [-0.05, 0) is 136 Å². The van der Waals surface area contributed by atoms with Gasteiger partial charge in [0.25, 0.3) is 0 Å². The van der Waals surface area contributed by atoms with E-state index >= 15 is 14.4 Å². The first-order valence-electron chi connectivity index (χ1n) is 27.0. The van der Waals surface area contributed by atoms with Crippen molar-refractivity contribution in [2.45, 2.75) is 256 Å². The van der Waals surface area contributed by atoms with Crippen LogP contribution in [0.1, 0.15) is 237 Å². The quantitative estimate of drug-likeness (QED) is 0.0883. The summed E-state index contributed by atoms with van der Waals surface area (Å²) < 4.78 is 38.4. The number of hydrogen-bond donors (Lipinski definition) is 0. The van der Waals surface area contributed by atoms with Crippen LogP contribution < -0.4 is 31.3 Å². The van der Waals surface area contributed by atoms with Crippen molar-refractivity contribution in [1.82, 2.24) is 13.7 Å². The maximum atomic E-state index is 15.4. The van der Waals surface area contributed by atoms with Crippen molar-refractivity contribution in [2.24, 2.45) is 0 Å². The molecule has 0 aliphatic rings. The third-order valence-corrected chi connectivity index (χ3v) is 12.5. The fraction of sp³-hybridized carbons (Fsp3) is 0.619. The standard InChI is InChI=1S/C63H93N3O12/c1-55(2,3)40-29-28-39(45(60(16,17)18)48(40)75-54(72)78-63(25,26)27)36-66-50(68)64(34-37-30-41(56(4,5)6)46(42(31-37)57(7,8)9)73-52(70)76-61(19,20)21)49(67)65(51(66)69)35-38-32-43(58(10,11)12)47(44(33-38)59(13,14)15)74-53(71)77-62(22,23)24/h28-33H,34-36H2,1-27H3. The second kappa shape index (κ2) is 21.8. The Morgan fingerprint density at radius 2 is 0.603 bits per heavy atom. The number of aromatic nitrogens is 3. The lowest BCUT2D eigenvalue weighted by atomic mass is 9.77. The van der Waals surface area contributed by atoms with Crippen LogP contribution in [-0.4, -0.2) is 49.0 Å². The lowest BCUT2D eigenvalue weighted by Crippen LogP contribution is -2.55. The molecular weight excluding hydrogens is 991 g/mol. The normalized spacial score (nSPS) is 13.3. The number of carbonyl (C=O) groups excluding carboxylic acids is 3. The summed E-state index contributed by atoms with van der Waals surface area (Å²) in [4.78, 5) is 86.6. The van der Waals surface area contributed by atoms with Crippen LogP contribution >= 0.6 is 0 Å². The fourth-order valence-corrected chi connectivity index (χ4v) is 8.97. The first-order chi connectivity index (χ1) is 34.8. The van der Waals surface area contributed by atoms with Gasteiger partial charge in [0.05, 0.1) is 19.6 Å². The summed E-state index contributed by atoms with van der Waals surface area (Å²) in [6.07, 6.45) is -2.67. The van der Waals surface area contributed by atoms with E-state index in [0.29, 0.717) is 61.6 Å². The van der Waals surface area contributed by atoms with Crippen molar-refractivity contribution in [3.63, 3.8) is 0 Å². The van der Waals surface area contributed by atoms with Crippen molar-refractivity contribution in [3.8, 4) is 17.2 Å². The second-order valence-electron chi connectivity index (χ2n) is 29.8. The average Bonchev–Trinajstić information content (AvgIpc) is 3.18. The lowest BCUT2D eigenvalue weighted by Gasteiger charge is -2.32. The van der Waals surface area contributed by atoms with Gasteiger partial charge in [0.15, 0.2) is 0 Å². The highest BCUT2D eigenvalue weighted by atomic mass is 16.7. The molecule has 0 radical (unpaired) electrons. The van der Waals surface area contributed by atoms with Gasteiger partial charge in [-0.2, -0.15) is 0 Å². The molecule has 0 amide bonds. The molecular formula is C63H93N3O12. The molecule has 0 N–H and O–H groups in total. The monoisotopic (exact) mass is 1080 g/mol. The third-order valence-electron chi connectivity index (χ3n) is 12.5. The molecule has 4 rings (SSSR count). The number of rotatable bonds is 9. The minimum atomic E-state index is -0.915. The van der Waals surface area contributed by atoms with Crippen LogP contribution in [0.2, 0.25) is 0 Å². The molecule has 0 atom stereocenters. The highest BCUT2D eigenvalue weighted by molar-refractivity contribution is 5.69. The Morgan fingerprint density at radius 1 is 0.346 bits per heavy atom. The van der Waals surface area contributed by atoms with Gasteiger partial charge in [-0.25, -0.2) is 42.5 Å². The summed E-state index contributed by atoms with van der Waals surface area (Å²) in [6, 6.07) is 10.9. The van der Waals surface area contributed by atoms with Gasteiger partial charge in [0, 0.05) is 33.4 Å². The predicted molar refractivity (Wildman–Crippen MR) is 309 cm³/mol. The van der Waals surface area contributed by atoms with Gasteiger partial charge < -0.3 is 28.4 Å². The Balaban J connectivity index is 2.22. The molecule has 0 spiro atoms. The van der Waals surface area contributed by atoms with Crippen LogP contribution in [0.3, 0.4) is 0 Å². The zero-order valence-electron chi connectivity index (χ0n) is 52.3. The largest absolute Gasteiger partial charge is 0.514 e. The van der Waals surface area contributed by atoms with E-state index in [1.807, 2.05) is 161 Å². The van der Waals surface area contributed by atoms with Gasteiger partial charge in [0.1, 0.15) is 34.1 Å². The maximum absolute atomic E-state index is 15.4. The smallest absolute Gasteiger partial charge is 0.428 e.